The molecule has 0 aliphatic rings. The fourth-order valence-corrected chi connectivity index (χ4v) is 2.97. The molecule has 0 heterocycles. The Balaban J connectivity index is 1.70. The molecule has 3 rings (SSSR count). The van der Waals surface area contributed by atoms with E-state index in [-0.39, 0.29) is 37.1 Å². The first-order valence-corrected chi connectivity index (χ1v) is 9.53. The third kappa shape index (κ3) is 6.17. The number of carbonyl (C=O) groups excluding carboxylic acids is 2. The Labute approximate surface area is 175 Å². The number of carbonyl (C=O) groups is 2. The van der Waals surface area contributed by atoms with Crippen LogP contribution in [0.2, 0.25) is 0 Å². The number of hydrogen-bond acceptors (Lipinski definition) is 3. The predicted octanol–water partition coefficient (Wildman–Crippen LogP) is 4.04. The van der Waals surface area contributed by atoms with Crippen molar-refractivity contribution in [2.24, 2.45) is 0 Å². The van der Waals surface area contributed by atoms with E-state index in [1.807, 2.05) is 30.3 Å². The fraction of sp³-hybridized carbons (Fsp3) is 0.167. The predicted molar refractivity (Wildman–Crippen MR) is 114 cm³/mol. The standard InChI is InChI=1S/C24H23FN2O3/c1-30-22-13-11-21(12-14-22)26-23(28)17-27(16-19-7-9-20(25)10-8-19)24(29)15-18-5-3-2-4-6-18/h2-14H,15-17H2,1H3,(H,26,28). The number of amides is 2. The normalized spacial score (nSPS) is 10.3. The van der Waals surface area contributed by atoms with Crippen molar-refractivity contribution in [3.05, 3.63) is 95.8 Å². The van der Waals surface area contributed by atoms with E-state index in [0.717, 1.165) is 11.1 Å². The number of nitrogens with zero attached hydrogens (tertiary/aromatic N) is 1. The summed E-state index contributed by atoms with van der Waals surface area (Å²) in [6, 6.07) is 22.2. The molecule has 0 spiro atoms. The molecule has 0 unspecified atom stereocenters. The molecule has 0 aromatic heterocycles. The van der Waals surface area contributed by atoms with Gasteiger partial charge in [0.15, 0.2) is 0 Å². The minimum Gasteiger partial charge on any atom is -0.497 e. The summed E-state index contributed by atoms with van der Waals surface area (Å²) in [5.41, 5.74) is 2.22. The Morgan fingerprint density at radius 1 is 0.900 bits per heavy atom. The summed E-state index contributed by atoms with van der Waals surface area (Å²) >= 11 is 0. The Morgan fingerprint density at radius 2 is 1.57 bits per heavy atom. The van der Waals surface area contributed by atoms with Gasteiger partial charge in [0.1, 0.15) is 18.1 Å². The molecule has 5 nitrogen and oxygen atoms in total. The van der Waals surface area contributed by atoms with Gasteiger partial charge in [-0.05, 0) is 47.5 Å². The average Bonchev–Trinajstić information content (AvgIpc) is 2.76. The lowest BCUT2D eigenvalue weighted by Gasteiger charge is -2.23. The van der Waals surface area contributed by atoms with Gasteiger partial charge in [-0.2, -0.15) is 0 Å². The van der Waals surface area contributed by atoms with Crippen LogP contribution in [0.15, 0.2) is 78.9 Å². The third-order valence-corrected chi connectivity index (χ3v) is 4.55. The van der Waals surface area contributed by atoms with Crippen molar-refractivity contribution in [3.8, 4) is 5.75 Å². The van der Waals surface area contributed by atoms with Crippen molar-refractivity contribution in [2.75, 3.05) is 19.0 Å². The van der Waals surface area contributed by atoms with Crippen LogP contribution in [-0.2, 0) is 22.6 Å². The number of ether oxygens (including phenoxy) is 1. The van der Waals surface area contributed by atoms with E-state index in [4.69, 9.17) is 4.74 Å². The largest absolute Gasteiger partial charge is 0.497 e. The van der Waals surface area contributed by atoms with Gasteiger partial charge in [0.25, 0.3) is 0 Å². The summed E-state index contributed by atoms with van der Waals surface area (Å²) in [7, 11) is 1.57. The molecule has 0 fully saturated rings. The molecule has 0 atom stereocenters. The number of nitrogens with one attached hydrogen (secondary N) is 1. The fourth-order valence-electron chi connectivity index (χ4n) is 2.97. The van der Waals surface area contributed by atoms with Crippen molar-refractivity contribution >= 4 is 17.5 Å². The number of methoxy groups -OCH3 is 1. The lowest BCUT2D eigenvalue weighted by atomic mass is 10.1. The van der Waals surface area contributed by atoms with Crippen LogP contribution < -0.4 is 10.1 Å². The topological polar surface area (TPSA) is 58.6 Å². The smallest absolute Gasteiger partial charge is 0.244 e. The number of anilines is 1. The van der Waals surface area contributed by atoms with Crippen molar-refractivity contribution in [3.63, 3.8) is 0 Å². The maximum Gasteiger partial charge on any atom is 0.244 e. The van der Waals surface area contributed by atoms with E-state index in [9.17, 15) is 14.0 Å². The van der Waals surface area contributed by atoms with Crippen molar-refractivity contribution < 1.29 is 18.7 Å². The number of hydrogen-bond donors (Lipinski definition) is 1. The van der Waals surface area contributed by atoms with Gasteiger partial charge in [0.2, 0.25) is 11.8 Å². The highest BCUT2D eigenvalue weighted by molar-refractivity contribution is 5.94. The quantitative estimate of drug-likeness (QED) is 0.614. The second kappa shape index (κ2) is 10.2. The van der Waals surface area contributed by atoms with E-state index in [1.54, 1.807) is 43.5 Å². The van der Waals surface area contributed by atoms with Crippen LogP contribution >= 0.6 is 0 Å². The average molecular weight is 406 g/mol. The minimum absolute atomic E-state index is 0.116. The number of rotatable bonds is 8. The highest BCUT2D eigenvalue weighted by Gasteiger charge is 2.18. The van der Waals surface area contributed by atoms with Gasteiger partial charge in [-0.15, -0.1) is 0 Å². The molecule has 154 valence electrons. The van der Waals surface area contributed by atoms with Gasteiger partial charge in [0, 0.05) is 12.2 Å². The zero-order chi connectivity index (χ0) is 21.3. The minimum atomic E-state index is -0.349. The molecular formula is C24H23FN2O3. The van der Waals surface area contributed by atoms with Gasteiger partial charge in [0.05, 0.1) is 13.5 Å². The first kappa shape index (κ1) is 21.0. The monoisotopic (exact) mass is 406 g/mol. The Morgan fingerprint density at radius 3 is 2.20 bits per heavy atom. The molecule has 0 aliphatic heterocycles. The van der Waals surface area contributed by atoms with Crippen LogP contribution in [0.4, 0.5) is 10.1 Å². The molecule has 0 bridgehead atoms. The number of benzene rings is 3. The molecule has 2 amide bonds. The van der Waals surface area contributed by atoms with E-state index in [1.165, 1.54) is 17.0 Å². The maximum atomic E-state index is 13.2. The van der Waals surface area contributed by atoms with E-state index >= 15 is 0 Å². The third-order valence-electron chi connectivity index (χ3n) is 4.55. The molecule has 1 N–H and O–H groups in total. The summed E-state index contributed by atoms with van der Waals surface area (Å²) in [5.74, 6) is -0.166. The van der Waals surface area contributed by atoms with Crippen molar-refractivity contribution in [1.82, 2.24) is 4.90 Å². The summed E-state index contributed by atoms with van der Waals surface area (Å²) in [6.07, 6.45) is 0.178. The van der Waals surface area contributed by atoms with Crippen molar-refractivity contribution in [1.29, 1.82) is 0 Å². The molecule has 3 aromatic carbocycles. The van der Waals surface area contributed by atoms with Crippen LogP contribution in [0, 0.1) is 5.82 Å². The molecule has 6 heteroatoms. The number of halogens is 1. The van der Waals surface area contributed by atoms with Gasteiger partial charge in [-0.25, -0.2) is 4.39 Å². The first-order chi connectivity index (χ1) is 14.5. The Hall–Kier alpha value is -3.67. The summed E-state index contributed by atoms with van der Waals surface area (Å²) in [6.45, 7) is 0.0943. The second-order valence-corrected chi connectivity index (χ2v) is 6.82. The zero-order valence-electron chi connectivity index (χ0n) is 16.7. The van der Waals surface area contributed by atoms with Gasteiger partial charge < -0.3 is 15.0 Å². The van der Waals surface area contributed by atoms with E-state index in [2.05, 4.69) is 5.32 Å². The highest BCUT2D eigenvalue weighted by Crippen LogP contribution is 2.15. The second-order valence-electron chi connectivity index (χ2n) is 6.82. The molecule has 0 aliphatic carbocycles. The van der Waals surface area contributed by atoms with Crippen LogP contribution in [0.3, 0.4) is 0 Å². The lowest BCUT2D eigenvalue weighted by molar-refractivity contribution is -0.134. The Kier molecular flexibility index (Phi) is 7.16. The highest BCUT2D eigenvalue weighted by atomic mass is 19.1. The van der Waals surface area contributed by atoms with Gasteiger partial charge in [-0.1, -0.05) is 42.5 Å². The maximum absolute atomic E-state index is 13.2. The summed E-state index contributed by atoms with van der Waals surface area (Å²) in [4.78, 5) is 27.0. The SMILES string of the molecule is COc1ccc(NC(=O)CN(Cc2ccc(F)cc2)C(=O)Cc2ccccc2)cc1. The van der Waals surface area contributed by atoms with E-state index < -0.39 is 0 Å². The van der Waals surface area contributed by atoms with Crippen LogP contribution in [0.1, 0.15) is 11.1 Å². The summed E-state index contributed by atoms with van der Waals surface area (Å²) < 4.78 is 18.3. The molecule has 0 saturated carbocycles. The van der Waals surface area contributed by atoms with Crippen molar-refractivity contribution in [2.45, 2.75) is 13.0 Å². The Bertz CT molecular complexity index is 974. The molecule has 0 saturated heterocycles. The first-order valence-electron chi connectivity index (χ1n) is 9.53. The molecule has 30 heavy (non-hydrogen) atoms. The van der Waals surface area contributed by atoms with Gasteiger partial charge in [-0.3, -0.25) is 9.59 Å². The molecule has 3 aromatic rings. The van der Waals surface area contributed by atoms with Crippen LogP contribution in [0.5, 0.6) is 5.75 Å². The lowest BCUT2D eigenvalue weighted by Crippen LogP contribution is -2.38. The molecular weight excluding hydrogens is 383 g/mol. The van der Waals surface area contributed by atoms with Crippen LogP contribution in [-0.4, -0.2) is 30.4 Å². The van der Waals surface area contributed by atoms with E-state index in [0.29, 0.717) is 11.4 Å². The van der Waals surface area contributed by atoms with Gasteiger partial charge >= 0.3 is 0 Å². The zero-order valence-corrected chi connectivity index (χ0v) is 16.7. The van der Waals surface area contributed by atoms with Crippen LogP contribution in [0.25, 0.3) is 0 Å². The molecule has 0 radical (unpaired) electrons. The summed E-state index contributed by atoms with van der Waals surface area (Å²) in [5, 5.41) is 2.79.